The smallest absolute Gasteiger partial charge is 0.352 e. The van der Waals surface area contributed by atoms with Crippen molar-refractivity contribution < 1.29 is 23.8 Å². The number of cyclic esters (lactones) is 1. The molecule has 0 saturated heterocycles. The molecule has 104 valence electrons. The third-order valence-corrected chi connectivity index (χ3v) is 4.64. The Balaban J connectivity index is 2.54. The monoisotopic (exact) mass is 302 g/mol. The standard InChI is InChI=1S/C12H14O5S2/c1-5-15-10(14)8-7-6(11(18-4)19-8)9(13)17-12(2,3)16-7/h5H2,1-4H3. The fraction of sp³-hybridized carbons (Fsp3) is 0.500. The van der Waals surface area contributed by atoms with Crippen LogP contribution in [0.25, 0.3) is 0 Å². The summed E-state index contributed by atoms with van der Waals surface area (Å²) in [5.74, 6) is -1.76. The third kappa shape index (κ3) is 2.57. The molecule has 7 heteroatoms. The predicted molar refractivity (Wildman–Crippen MR) is 72.2 cm³/mol. The second kappa shape index (κ2) is 5.05. The summed E-state index contributed by atoms with van der Waals surface area (Å²) in [4.78, 5) is 24.2. The van der Waals surface area contributed by atoms with E-state index < -0.39 is 17.7 Å². The minimum Gasteiger partial charge on any atom is -0.462 e. The molecule has 5 nitrogen and oxygen atoms in total. The number of rotatable bonds is 3. The molecule has 1 aromatic rings. The van der Waals surface area contributed by atoms with Gasteiger partial charge in [0.2, 0.25) is 5.79 Å². The first-order chi connectivity index (χ1) is 8.89. The third-order valence-electron chi connectivity index (χ3n) is 2.37. The molecule has 0 fully saturated rings. The van der Waals surface area contributed by atoms with Gasteiger partial charge in [-0.05, 0) is 13.2 Å². The average molecular weight is 302 g/mol. The van der Waals surface area contributed by atoms with Crippen molar-refractivity contribution in [2.45, 2.75) is 30.8 Å². The first kappa shape index (κ1) is 14.2. The van der Waals surface area contributed by atoms with Gasteiger partial charge in [-0.2, -0.15) is 0 Å². The van der Waals surface area contributed by atoms with E-state index in [1.165, 1.54) is 23.1 Å². The molecule has 1 aliphatic rings. The molecule has 1 aliphatic heterocycles. The van der Waals surface area contributed by atoms with Crippen molar-refractivity contribution in [2.24, 2.45) is 0 Å². The van der Waals surface area contributed by atoms with Crippen LogP contribution in [0.1, 0.15) is 40.8 Å². The number of hydrogen-bond donors (Lipinski definition) is 0. The zero-order valence-corrected chi connectivity index (χ0v) is 12.7. The van der Waals surface area contributed by atoms with Crippen LogP contribution >= 0.6 is 23.1 Å². The number of carbonyl (C=O) groups excluding carboxylic acids is 2. The van der Waals surface area contributed by atoms with Gasteiger partial charge >= 0.3 is 11.9 Å². The van der Waals surface area contributed by atoms with E-state index in [4.69, 9.17) is 14.2 Å². The summed E-state index contributed by atoms with van der Waals surface area (Å²) in [6, 6.07) is 0. The van der Waals surface area contributed by atoms with Crippen molar-refractivity contribution in [2.75, 3.05) is 12.9 Å². The van der Waals surface area contributed by atoms with Crippen molar-refractivity contribution in [1.29, 1.82) is 0 Å². The number of thiophene rings is 1. The lowest BCUT2D eigenvalue weighted by atomic mass is 10.2. The van der Waals surface area contributed by atoms with Gasteiger partial charge in [-0.3, -0.25) is 0 Å². The van der Waals surface area contributed by atoms with Crippen LogP contribution in [0.2, 0.25) is 0 Å². The minimum atomic E-state index is -1.08. The van der Waals surface area contributed by atoms with Gasteiger partial charge in [0.15, 0.2) is 10.6 Å². The van der Waals surface area contributed by atoms with E-state index in [9.17, 15) is 9.59 Å². The van der Waals surface area contributed by atoms with Crippen molar-refractivity contribution >= 4 is 35.0 Å². The summed E-state index contributed by atoms with van der Waals surface area (Å²) in [6.07, 6.45) is 1.83. The molecule has 0 bridgehead atoms. The van der Waals surface area contributed by atoms with E-state index >= 15 is 0 Å². The maximum Gasteiger partial charge on any atom is 0.352 e. The van der Waals surface area contributed by atoms with Gasteiger partial charge in [0.05, 0.1) is 10.8 Å². The quantitative estimate of drug-likeness (QED) is 0.632. The Bertz CT molecular complexity index is 532. The molecule has 0 amide bonds. The van der Waals surface area contributed by atoms with E-state index in [1.807, 2.05) is 6.26 Å². The van der Waals surface area contributed by atoms with E-state index in [1.54, 1.807) is 20.8 Å². The van der Waals surface area contributed by atoms with E-state index in [2.05, 4.69) is 0 Å². The molecule has 2 heterocycles. The Hall–Kier alpha value is -1.21. The van der Waals surface area contributed by atoms with Gasteiger partial charge < -0.3 is 14.2 Å². The normalized spacial score (nSPS) is 16.3. The molecule has 0 aromatic carbocycles. The highest BCUT2D eigenvalue weighted by atomic mass is 32.2. The van der Waals surface area contributed by atoms with Crippen LogP contribution in [-0.2, 0) is 9.47 Å². The molecule has 1 aromatic heterocycles. The summed E-state index contributed by atoms with van der Waals surface area (Å²) in [5, 5.41) is 0. The maximum absolute atomic E-state index is 12.0. The lowest BCUT2D eigenvalue weighted by Crippen LogP contribution is -2.39. The number of esters is 2. The molecule has 0 radical (unpaired) electrons. The molecule has 0 saturated carbocycles. The Morgan fingerprint density at radius 2 is 2.11 bits per heavy atom. The lowest BCUT2D eigenvalue weighted by Gasteiger charge is -2.30. The minimum absolute atomic E-state index is 0.272. The number of fused-ring (bicyclic) bond motifs is 1. The molecule has 0 N–H and O–H groups in total. The Morgan fingerprint density at radius 3 is 2.68 bits per heavy atom. The summed E-state index contributed by atoms with van der Waals surface area (Å²) < 4.78 is 16.5. The summed E-state index contributed by atoms with van der Waals surface area (Å²) in [5.41, 5.74) is 0.319. The van der Waals surface area contributed by atoms with Crippen molar-refractivity contribution in [1.82, 2.24) is 0 Å². The predicted octanol–water partition coefficient (Wildman–Crippen LogP) is 2.93. The highest BCUT2D eigenvalue weighted by Gasteiger charge is 2.40. The molecule has 0 atom stereocenters. The van der Waals surface area contributed by atoms with Crippen molar-refractivity contribution in [3.8, 4) is 5.75 Å². The Morgan fingerprint density at radius 1 is 1.42 bits per heavy atom. The van der Waals surface area contributed by atoms with E-state index in [0.29, 0.717) is 14.6 Å². The number of thioether (sulfide) groups is 1. The molecule has 19 heavy (non-hydrogen) atoms. The van der Waals surface area contributed by atoms with E-state index in [0.717, 1.165) is 0 Å². The van der Waals surface area contributed by atoms with Crippen LogP contribution in [0, 0.1) is 0 Å². The molecule has 2 rings (SSSR count). The molecular formula is C12H14O5S2. The number of ether oxygens (including phenoxy) is 3. The lowest BCUT2D eigenvalue weighted by molar-refractivity contribution is -0.127. The van der Waals surface area contributed by atoms with Gasteiger partial charge in [0.25, 0.3) is 0 Å². The fourth-order valence-electron chi connectivity index (χ4n) is 1.69. The van der Waals surface area contributed by atoms with Crippen LogP contribution in [0.5, 0.6) is 5.75 Å². The zero-order chi connectivity index (χ0) is 14.2. The first-order valence-electron chi connectivity index (χ1n) is 5.70. The average Bonchev–Trinajstić information content (AvgIpc) is 2.66. The van der Waals surface area contributed by atoms with Crippen LogP contribution < -0.4 is 4.74 Å². The summed E-state index contributed by atoms with van der Waals surface area (Å²) >= 11 is 2.56. The topological polar surface area (TPSA) is 61.8 Å². The highest BCUT2D eigenvalue weighted by Crippen LogP contribution is 2.45. The van der Waals surface area contributed by atoms with Gasteiger partial charge in [-0.15, -0.1) is 23.1 Å². The van der Waals surface area contributed by atoms with Crippen LogP contribution in [0.15, 0.2) is 4.21 Å². The SMILES string of the molecule is CCOC(=O)c1sc(SC)c2c1OC(C)(C)OC2=O. The zero-order valence-electron chi connectivity index (χ0n) is 11.1. The fourth-order valence-corrected chi connectivity index (χ4v) is 3.49. The molecule has 0 spiro atoms. The van der Waals surface area contributed by atoms with Gasteiger partial charge in [0, 0.05) is 13.8 Å². The van der Waals surface area contributed by atoms with Crippen LogP contribution in [0.3, 0.4) is 0 Å². The number of carbonyl (C=O) groups is 2. The Kier molecular flexibility index (Phi) is 3.78. The second-order valence-corrected chi connectivity index (χ2v) is 6.33. The number of hydrogen-bond acceptors (Lipinski definition) is 7. The molecule has 0 unspecified atom stereocenters. The van der Waals surface area contributed by atoms with Crippen LogP contribution in [0.4, 0.5) is 0 Å². The summed E-state index contributed by atoms with van der Waals surface area (Å²) in [7, 11) is 0. The first-order valence-corrected chi connectivity index (χ1v) is 7.74. The maximum atomic E-state index is 12.0. The Labute approximate surface area is 119 Å². The van der Waals surface area contributed by atoms with Gasteiger partial charge in [0.1, 0.15) is 5.56 Å². The van der Waals surface area contributed by atoms with Crippen molar-refractivity contribution in [3.05, 3.63) is 10.4 Å². The van der Waals surface area contributed by atoms with Gasteiger partial charge in [-0.1, -0.05) is 0 Å². The molecule has 0 aliphatic carbocycles. The van der Waals surface area contributed by atoms with E-state index in [-0.39, 0.29) is 12.4 Å². The van der Waals surface area contributed by atoms with Crippen LogP contribution in [-0.4, -0.2) is 30.6 Å². The summed E-state index contributed by atoms with van der Waals surface area (Å²) in [6.45, 7) is 5.25. The second-order valence-electron chi connectivity index (χ2n) is 4.24. The largest absolute Gasteiger partial charge is 0.462 e. The van der Waals surface area contributed by atoms with Crippen molar-refractivity contribution in [3.63, 3.8) is 0 Å². The molecular weight excluding hydrogens is 288 g/mol. The highest BCUT2D eigenvalue weighted by molar-refractivity contribution is 8.00. The van der Waals surface area contributed by atoms with Gasteiger partial charge in [-0.25, -0.2) is 9.59 Å².